The number of carboxylic acid groups (broad SMARTS) is 1. The van der Waals surface area contributed by atoms with Crippen molar-refractivity contribution < 1.29 is 14.6 Å². The van der Waals surface area contributed by atoms with Crippen LogP contribution in [0.15, 0.2) is 12.1 Å². The van der Waals surface area contributed by atoms with Gasteiger partial charge in [-0.15, -0.1) is 6.42 Å². The summed E-state index contributed by atoms with van der Waals surface area (Å²) >= 11 is 0. The lowest BCUT2D eigenvalue weighted by Gasteiger charge is -2.04. The minimum atomic E-state index is -1.04. The van der Waals surface area contributed by atoms with Crippen molar-refractivity contribution in [3.63, 3.8) is 0 Å². The van der Waals surface area contributed by atoms with E-state index in [1.54, 1.807) is 12.1 Å². The molecule has 0 bridgehead atoms. The van der Waals surface area contributed by atoms with E-state index in [0.29, 0.717) is 11.3 Å². The average molecular weight is 217 g/mol. The molecular weight excluding hydrogens is 206 g/mol. The molecule has 0 saturated carbocycles. The van der Waals surface area contributed by atoms with Gasteiger partial charge in [0.25, 0.3) is 0 Å². The number of hydrogen-bond acceptors (Lipinski definition) is 3. The Hall–Kier alpha value is -2.17. The van der Waals surface area contributed by atoms with E-state index in [9.17, 15) is 4.79 Å². The Balaban J connectivity index is 2.58. The Morgan fingerprint density at radius 1 is 1.62 bits per heavy atom. The summed E-state index contributed by atoms with van der Waals surface area (Å²) in [6, 6.07) is 7.90. The van der Waals surface area contributed by atoms with Gasteiger partial charge in [0.1, 0.15) is 12.6 Å². The molecule has 0 amide bonds. The third-order valence-corrected chi connectivity index (χ3v) is 1.85. The van der Waals surface area contributed by atoms with Gasteiger partial charge in [0.05, 0.1) is 0 Å². The average Bonchev–Trinajstić information content (AvgIpc) is 2.28. The summed E-state index contributed by atoms with van der Waals surface area (Å²) in [5.41, 5.74) is 6.04. The molecule has 1 unspecified atom stereocenters. The van der Waals surface area contributed by atoms with Crippen LogP contribution in [0.3, 0.4) is 0 Å². The predicted molar refractivity (Wildman–Crippen MR) is 57.8 cm³/mol. The van der Waals surface area contributed by atoms with E-state index in [1.807, 2.05) is 0 Å². The van der Waals surface area contributed by atoms with Crippen molar-refractivity contribution in [3.05, 3.63) is 29.8 Å². The van der Waals surface area contributed by atoms with Gasteiger partial charge in [-0.3, -0.25) is 4.79 Å². The van der Waals surface area contributed by atoms with Crippen molar-refractivity contribution in [2.75, 3.05) is 6.61 Å². The van der Waals surface area contributed by atoms with E-state index >= 15 is 0 Å². The minimum Gasteiger partial charge on any atom is -0.480 e. The minimum absolute atomic E-state index is 0.165. The maximum atomic E-state index is 10.5. The van der Waals surface area contributed by atoms with Gasteiger partial charge >= 0.3 is 5.97 Å². The van der Waals surface area contributed by atoms with Crippen molar-refractivity contribution >= 4 is 5.97 Å². The first kappa shape index (κ1) is 11.9. The van der Waals surface area contributed by atoms with Gasteiger partial charge in [-0.1, -0.05) is 12.0 Å². The molecule has 0 saturated heterocycles. The zero-order valence-electron chi connectivity index (χ0n) is 8.56. The normalized spacial score (nSPS) is 11.0. The fraction of sp³-hybridized carbons (Fsp3) is 0.250. The SMILES string of the molecule is C#CCOc1c#cc(CC(N)C(=O)O)cc1. The lowest BCUT2D eigenvalue weighted by Crippen LogP contribution is -2.32. The summed E-state index contributed by atoms with van der Waals surface area (Å²) in [5.74, 6) is 1.76. The van der Waals surface area contributed by atoms with Crippen molar-refractivity contribution in [3.8, 4) is 18.1 Å². The van der Waals surface area contributed by atoms with Gasteiger partial charge in [-0.25, -0.2) is 0 Å². The molecule has 0 spiro atoms. The van der Waals surface area contributed by atoms with Crippen LogP contribution in [0.1, 0.15) is 5.56 Å². The smallest absolute Gasteiger partial charge is 0.320 e. The van der Waals surface area contributed by atoms with Gasteiger partial charge < -0.3 is 15.6 Å². The quantitative estimate of drug-likeness (QED) is 0.693. The molecule has 1 atom stereocenters. The van der Waals surface area contributed by atoms with Crippen LogP contribution >= 0.6 is 0 Å². The molecule has 4 heteroatoms. The van der Waals surface area contributed by atoms with E-state index in [-0.39, 0.29) is 13.0 Å². The molecule has 3 N–H and O–H groups in total. The molecule has 0 fully saturated rings. The van der Waals surface area contributed by atoms with Crippen molar-refractivity contribution in [1.82, 2.24) is 0 Å². The Morgan fingerprint density at radius 3 is 2.88 bits per heavy atom. The molecule has 0 aliphatic heterocycles. The molecule has 0 aromatic heterocycles. The molecule has 0 heterocycles. The molecule has 0 radical (unpaired) electrons. The molecular formula is C12H11NO3. The van der Waals surface area contributed by atoms with Gasteiger partial charge in [0, 0.05) is 12.0 Å². The van der Waals surface area contributed by atoms with Crippen LogP contribution in [-0.4, -0.2) is 23.7 Å². The second-order valence-corrected chi connectivity index (χ2v) is 3.11. The summed E-state index contributed by atoms with van der Waals surface area (Å²) in [6.07, 6.45) is 5.23. The molecule has 0 aliphatic rings. The van der Waals surface area contributed by atoms with E-state index in [2.05, 4.69) is 18.1 Å². The van der Waals surface area contributed by atoms with Crippen molar-refractivity contribution in [2.45, 2.75) is 12.5 Å². The highest BCUT2D eigenvalue weighted by Gasteiger charge is 2.11. The lowest BCUT2D eigenvalue weighted by molar-refractivity contribution is -0.138. The van der Waals surface area contributed by atoms with Gasteiger partial charge in [-0.05, 0) is 18.2 Å². The molecule has 1 aromatic carbocycles. The maximum absolute atomic E-state index is 10.5. The number of aliphatic carboxylic acids is 1. The largest absolute Gasteiger partial charge is 0.480 e. The van der Waals surface area contributed by atoms with Crippen molar-refractivity contribution in [1.29, 1.82) is 0 Å². The second kappa shape index (κ2) is 5.65. The highest BCUT2D eigenvalue weighted by atomic mass is 16.5. The number of carboxylic acids is 1. The Labute approximate surface area is 94.0 Å². The highest BCUT2D eigenvalue weighted by Crippen LogP contribution is 2.07. The van der Waals surface area contributed by atoms with Crippen LogP contribution in [0.2, 0.25) is 0 Å². The Bertz CT molecular complexity index is 392. The lowest BCUT2D eigenvalue weighted by atomic mass is 10.1. The Kier molecular flexibility index (Phi) is 4.20. The Morgan fingerprint density at radius 2 is 2.38 bits per heavy atom. The van der Waals surface area contributed by atoms with E-state index in [1.165, 1.54) is 0 Å². The van der Waals surface area contributed by atoms with Crippen LogP contribution in [0.4, 0.5) is 0 Å². The summed E-state index contributed by atoms with van der Waals surface area (Å²) in [7, 11) is 0. The molecule has 4 nitrogen and oxygen atoms in total. The molecule has 16 heavy (non-hydrogen) atoms. The number of terminal acetylenes is 1. The number of rotatable bonds is 5. The third-order valence-electron chi connectivity index (χ3n) is 1.85. The van der Waals surface area contributed by atoms with Gasteiger partial charge in [0.2, 0.25) is 0 Å². The first-order chi connectivity index (χ1) is 7.63. The summed E-state index contributed by atoms with van der Waals surface area (Å²) in [4.78, 5) is 10.5. The predicted octanol–water partition coefficient (Wildman–Crippen LogP) is 0.253. The molecule has 1 rings (SSSR count). The number of nitrogens with two attached hydrogens (primary N) is 1. The standard InChI is InChI=1S/C12H11NO3/c1-2-7-16-10-5-3-9(4-6-10)8-11(13)12(14)15/h1,3,5,11H,7-8,13H2,(H,14,15). The molecule has 0 aliphatic carbocycles. The number of carbonyl (C=O) groups is 1. The number of ether oxygens (including phenoxy) is 1. The highest BCUT2D eigenvalue weighted by molar-refractivity contribution is 5.73. The maximum Gasteiger partial charge on any atom is 0.320 e. The first-order valence-electron chi connectivity index (χ1n) is 4.61. The van der Waals surface area contributed by atoms with E-state index < -0.39 is 12.0 Å². The van der Waals surface area contributed by atoms with E-state index in [0.717, 1.165) is 0 Å². The number of hydrogen-bond donors (Lipinski definition) is 2. The van der Waals surface area contributed by atoms with E-state index in [4.69, 9.17) is 22.0 Å². The molecule has 1 aromatic rings. The van der Waals surface area contributed by atoms with Crippen molar-refractivity contribution in [2.24, 2.45) is 5.73 Å². The van der Waals surface area contributed by atoms with Crippen LogP contribution < -0.4 is 10.5 Å². The van der Waals surface area contributed by atoms with Crippen LogP contribution in [0, 0.1) is 24.5 Å². The summed E-state index contributed by atoms with van der Waals surface area (Å²) in [6.45, 7) is 0.165. The zero-order valence-corrected chi connectivity index (χ0v) is 8.56. The first-order valence-corrected chi connectivity index (χ1v) is 4.61. The zero-order chi connectivity index (χ0) is 12.0. The second-order valence-electron chi connectivity index (χ2n) is 3.11. The van der Waals surface area contributed by atoms with Crippen LogP contribution in [-0.2, 0) is 11.2 Å². The third kappa shape index (κ3) is 3.53. The monoisotopic (exact) mass is 217 g/mol. The summed E-state index contributed by atoms with van der Waals surface area (Å²) in [5, 5.41) is 8.62. The fourth-order valence-electron chi connectivity index (χ4n) is 1.05. The molecule has 82 valence electrons. The van der Waals surface area contributed by atoms with Crippen LogP contribution in [0.25, 0.3) is 0 Å². The van der Waals surface area contributed by atoms with Gasteiger partial charge in [-0.2, -0.15) is 0 Å². The summed E-state index contributed by atoms with van der Waals surface area (Å²) < 4.78 is 5.09. The topological polar surface area (TPSA) is 72.5 Å². The van der Waals surface area contributed by atoms with Crippen LogP contribution in [0.5, 0.6) is 5.75 Å². The van der Waals surface area contributed by atoms with Gasteiger partial charge in [0.15, 0.2) is 5.75 Å². The fourth-order valence-corrected chi connectivity index (χ4v) is 1.05.